The number of fused-ring (bicyclic) bond motifs is 1. The maximum absolute atomic E-state index is 6.33. The van der Waals surface area contributed by atoms with Crippen LogP contribution in [0.3, 0.4) is 0 Å². The van der Waals surface area contributed by atoms with E-state index in [1.807, 2.05) is 30.3 Å². The Bertz CT molecular complexity index is 970. The average Bonchev–Trinajstić information content (AvgIpc) is 2.71. The largest absolute Gasteiger partial charge is 0.370 e. The molecule has 1 aliphatic rings. The number of nitrogens with zero attached hydrogens (tertiary/aromatic N) is 4. The lowest BCUT2D eigenvalue weighted by atomic mass is 10.2. The number of halogens is 2. The lowest BCUT2D eigenvalue weighted by molar-refractivity contribution is 0.249. The van der Waals surface area contributed by atoms with Gasteiger partial charge in [-0.05, 0) is 36.8 Å². The van der Waals surface area contributed by atoms with Gasteiger partial charge in [-0.1, -0.05) is 41.4 Å². The molecule has 0 radical (unpaired) electrons. The van der Waals surface area contributed by atoms with Gasteiger partial charge in [0, 0.05) is 54.7 Å². The van der Waals surface area contributed by atoms with Crippen molar-refractivity contribution in [2.24, 2.45) is 0 Å². The van der Waals surface area contributed by atoms with Crippen LogP contribution in [0.5, 0.6) is 0 Å². The van der Waals surface area contributed by atoms with Crippen LogP contribution < -0.4 is 10.2 Å². The van der Waals surface area contributed by atoms with Crippen molar-refractivity contribution in [1.82, 2.24) is 14.9 Å². The SMILES string of the molecule is CCNc1nc(N2CCN(Cc3ccc(Cl)cc3Cl)CC2)nc2ccccc12. The van der Waals surface area contributed by atoms with Crippen LogP contribution in [0.4, 0.5) is 11.8 Å². The molecule has 0 aliphatic carbocycles. The zero-order chi connectivity index (χ0) is 19.5. The minimum atomic E-state index is 0.670. The first-order chi connectivity index (χ1) is 13.6. The van der Waals surface area contributed by atoms with Gasteiger partial charge in [-0.3, -0.25) is 4.90 Å². The van der Waals surface area contributed by atoms with Crippen molar-refractivity contribution in [3.63, 3.8) is 0 Å². The van der Waals surface area contributed by atoms with Crippen molar-refractivity contribution in [2.45, 2.75) is 13.5 Å². The van der Waals surface area contributed by atoms with E-state index >= 15 is 0 Å². The number of benzene rings is 2. The molecular weight excluding hydrogens is 393 g/mol. The summed E-state index contributed by atoms with van der Waals surface area (Å²) in [5.41, 5.74) is 2.08. The Labute approximate surface area is 175 Å². The molecule has 0 bridgehead atoms. The van der Waals surface area contributed by atoms with Crippen LogP contribution in [-0.2, 0) is 6.54 Å². The quantitative estimate of drug-likeness (QED) is 0.654. The third kappa shape index (κ3) is 4.17. The molecule has 1 fully saturated rings. The van der Waals surface area contributed by atoms with Gasteiger partial charge in [0.25, 0.3) is 0 Å². The minimum absolute atomic E-state index is 0.670. The van der Waals surface area contributed by atoms with Crippen LogP contribution in [-0.4, -0.2) is 47.6 Å². The predicted molar refractivity (Wildman–Crippen MR) is 118 cm³/mol. The molecular formula is C21H23Cl2N5. The molecule has 2 aromatic carbocycles. The summed E-state index contributed by atoms with van der Waals surface area (Å²) < 4.78 is 0. The van der Waals surface area contributed by atoms with Crippen LogP contribution >= 0.6 is 23.2 Å². The number of piperazine rings is 1. The zero-order valence-electron chi connectivity index (χ0n) is 15.8. The first kappa shape index (κ1) is 19.2. The Morgan fingerprint density at radius 2 is 1.79 bits per heavy atom. The molecule has 1 aromatic heterocycles. The zero-order valence-corrected chi connectivity index (χ0v) is 17.3. The summed E-state index contributed by atoms with van der Waals surface area (Å²) in [5.74, 6) is 1.69. The van der Waals surface area contributed by atoms with Crippen LogP contribution in [0.1, 0.15) is 12.5 Å². The fourth-order valence-corrected chi connectivity index (χ4v) is 3.97. The van der Waals surface area contributed by atoms with Gasteiger partial charge in [0.1, 0.15) is 5.82 Å². The topological polar surface area (TPSA) is 44.3 Å². The molecule has 0 spiro atoms. The van der Waals surface area contributed by atoms with Crippen molar-refractivity contribution >= 4 is 45.9 Å². The summed E-state index contributed by atoms with van der Waals surface area (Å²) in [6, 6.07) is 13.8. The molecule has 0 saturated carbocycles. The highest BCUT2D eigenvalue weighted by Gasteiger charge is 2.21. The smallest absolute Gasteiger partial charge is 0.227 e. The molecule has 2 heterocycles. The summed E-state index contributed by atoms with van der Waals surface area (Å²) in [7, 11) is 0. The molecule has 1 saturated heterocycles. The second kappa shape index (κ2) is 8.52. The number of hydrogen-bond donors (Lipinski definition) is 1. The Morgan fingerprint density at radius 1 is 1.00 bits per heavy atom. The van der Waals surface area contributed by atoms with Crippen LogP contribution in [0, 0.1) is 0 Å². The lowest BCUT2D eigenvalue weighted by Crippen LogP contribution is -2.46. The average molecular weight is 416 g/mol. The number of para-hydroxylation sites is 1. The van der Waals surface area contributed by atoms with E-state index in [2.05, 4.69) is 28.1 Å². The van der Waals surface area contributed by atoms with Crippen LogP contribution in [0.25, 0.3) is 10.9 Å². The molecule has 28 heavy (non-hydrogen) atoms. The maximum atomic E-state index is 6.33. The second-order valence-corrected chi connectivity index (χ2v) is 7.76. The van der Waals surface area contributed by atoms with Gasteiger partial charge in [0.2, 0.25) is 5.95 Å². The fraction of sp³-hybridized carbons (Fsp3) is 0.333. The molecule has 4 rings (SSSR count). The summed E-state index contributed by atoms with van der Waals surface area (Å²) in [6.07, 6.45) is 0. The van der Waals surface area contributed by atoms with E-state index in [0.717, 1.165) is 72.5 Å². The fourth-order valence-electron chi connectivity index (χ4n) is 3.50. The van der Waals surface area contributed by atoms with Crippen LogP contribution in [0.2, 0.25) is 10.0 Å². The van der Waals surface area contributed by atoms with E-state index in [0.29, 0.717) is 5.02 Å². The van der Waals surface area contributed by atoms with Crippen molar-refractivity contribution in [3.05, 3.63) is 58.1 Å². The normalized spacial score (nSPS) is 15.2. The number of anilines is 2. The molecule has 1 N–H and O–H groups in total. The maximum Gasteiger partial charge on any atom is 0.227 e. The standard InChI is InChI=1S/C21H23Cl2N5/c1-2-24-20-17-5-3-4-6-19(17)25-21(26-20)28-11-9-27(10-12-28)14-15-7-8-16(22)13-18(15)23/h3-8,13H,2,9-12,14H2,1H3,(H,24,25,26). The molecule has 0 unspecified atom stereocenters. The summed E-state index contributed by atoms with van der Waals surface area (Å²) >= 11 is 12.3. The highest BCUT2D eigenvalue weighted by atomic mass is 35.5. The number of hydrogen-bond acceptors (Lipinski definition) is 5. The first-order valence-corrected chi connectivity index (χ1v) is 10.3. The highest BCUT2D eigenvalue weighted by Crippen LogP contribution is 2.25. The minimum Gasteiger partial charge on any atom is -0.370 e. The summed E-state index contributed by atoms with van der Waals surface area (Å²) in [6.45, 7) is 7.37. The van der Waals surface area contributed by atoms with Gasteiger partial charge >= 0.3 is 0 Å². The molecule has 146 valence electrons. The van der Waals surface area contributed by atoms with E-state index in [1.165, 1.54) is 0 Å². The summed E-state index contributed by atoms with van der Waals surface area (Å²) in [5, 5.41) is 5.82. The van der Waals surface area contributed by atoms with Gasteiger partial charge in [-0.15, -0.1) is 0 Å². The van der Waals surface area contributed by atoms with Gasteiger partial charge < -0.3 is 10.2 Å². The van der Waals surface area contributed by atoms with Gasteiger partial charge in [-0.25, -0.2) is 4.98 Å². The Hall–Kier alpha value is -2.08. The van der Waals surface area contributed by atoms with E-state index < -0.39 is 0 Å². The molecule has 1 aliphatic heterocycles. The molecule has 7 heteroatoms. The first-order valence-electron chi connectivity index (χ1n) is 9.56. The van der Waals surface area contributed by atoms with E-state index in [-0.39, 0.29) is 0 Å². The van der Waals surface area contributed by atoms with Gasteiger partial charge in [-0.2, -0.15) is 4.98 Å². The van der Waals surface area contributed by atoms with Gasteiger partial charge in [0.05, 0.1) is 5.52 Å². The van der Waals surface area contributed by atoms with Crippen molar-refractivity contribution in [1.29, 1.82) is 0 Å². The van der Waals surface area contributed by atoms with Crippen molar-refractivity contribution in [2.75, 3.05) is 42.9 Å². The molecule has 0 amide bonds. The van der Waals surface area contributed by atoms with E-state index in [4.69, 9.17) is 33.2 Å². The van der Waals surface area contributed by atoms with E-state index in [1.54, 1.807) is 6.07 Å². The summed E-state index contributed by atoms with van der Waals surface area (Å²) in [4.78, 5) is 14.2. The van der Waals surface area contributed by atoms with Crippen LogP contribution in [0.15, 0.2) is 42.5 Å². The highest BCUT2D eigenvalue weighted by molar-refractivity contribution is 6.35. The Balaban J connectivity index is 1.47. The Kier molecular flexibility index (Phi) is 5.85. The molecule has 0 atom stereocenters. The number of nitrogens with one attached hydrogen (secondary N) is 1. The third-order valence-electron chi connectivity index (χ3n) is 5.00. The molecule has 5 nitrogen and oxygen atoms in total. The second-order valence-electron chi connectivity index (χ2n) is 6.92. The van der Waals surface area contributed by atoms with E-state index in [9.17, 15) is 0 Å². The monoisotopic (exact) mass is 415 g/mol. The lowest BCUT2D eigenvalue weighted by Gasteiger charge is -2.35. The van der Waals surface area contributed by atoms with Gasteiger partial charge in [0.15, 0.2) is 0 Å². The number of rotatable bonds is 5. The predicted octanol–water partition coefficient (Wildman–Crippen LogP) is 4.69. The van der Waals surface area contributed by atoms with Crippen molar-refractivity contribution < 1.29 is 0 Å². The number of aromatic nitrogens is 2. The third-order valence-corrected chi connectivity index (χ3v) is 5.59. The van der Waals surface area contributed by atoms with Crippen molar-refractivity contribution in [3.8, 4) is 0 Å². The molecule has 3 aromatic rings. The Morgan fingerprint density at radius 3 is 2.54 bits per heavy atom.